The number of fused-ring (bicyclic) bond motifs is 1. The molecule has 1 atom stereocenters. The maximum Gasteiger partial charge on any atom is 0.338 e. The lowest BCUT2D eigenvalue weighted by Gasteiger charge is -2.41. The number of nitro groups is 1. The number of nitro benzene ring substituents is 1. The van der Waals surface area contributed by atoms with Crippen molar-refractivity contribution in [3.63, 3.8) is 0 Å². The molecule has 1 fully saturated rings. The van der Waals surface area contributed by atoms with Crippen molar-refractivity contribution in [2.24, 2.45) is 4.99 Å². The van der Waals surface area contributed by atoms with E-state index in [1.807, 2.05) is 42.5 Å². The van der Waals surface area contributed by atoms with E-state index in [0.717, 1.165) is 35.0 Å². The molecule has 3 aromatic carbocycles. The number of aliphatic imine (C=N–C) groups is 1. The highest BCUT2D eigenvalue weighted by Gasteiger charge is 2.39. The molecule has 1 amide bonds. The van der Waals surface area contributed by atoms with E-state index in [0.29, 0.717) is 17.0 Å². The van der Waals surface area contributed by atoms with Gasteiger partial charge in [-0.1, -0.05) is 60.3 Å². The summed E-state index contributed by atoms with van der Waals surface area (Å²) in [5.74, 6) is 0.0776. The minimum Gasteiger partial charge on any atom is -0.463 e. The molecule has 10 heteroatoms. The van der Waals surface area contributed by atoms with E-state index in [4.69, 9.17) is 9.73 Å². The number of esters is 1. The minimum atomic E-state index is -0.537. The molecule has 198 valence electrons. The second-order valence-electron chi connectivity index (χ2n) is 8.92. The number of anilines is 1. The molecule has 0 saturated carbocycles. The molecule has 0 aliphatic carbocycles. The molecule has 0 aromatic heterocycles. The van der Waals surface area contributed by atoms with Crippen LogP contribution in [0.15, 0.2) is 89.4 Å². The summed E-state index contributed by atoms with van der Waals surface area (Å²) in [5.41, 5.74) is 3.33. The summed E-state index contributed by atoms with van der Waals surface area (Å²) in [5, 5.41) is 14.7. The molecule has 1 saturated heterocycles. The van der Waals surface area contributed by atoms with E-state index in [1.165, 1.54) is 24.3 Å². The lowest BCUT2D eigenvalue weighted by Crippen LogP contribution is -2.42. The van der Waals surface area contributed by atoms with Crippen molar-refractivity contribution >= 4 is 45.9 Å². The van der Waals surface area contributed by atoms with Crippen molar-refractivity contribution in [3.05, 3.63) is 111 Å². The van der Waals surface area contributed by atoms with Gasteiger partial charge in [0.25, 0.3) is 11.6 Å². The molecular formula is C29H26N4O5S. The molecule has 2 heterocycles. The number of carbonyl (C=O) groups is 2. The van der Waals surface area contributed by atoms with E-state index in [2.05, 4.69) is 10.2 Å². The summed E-state index contributed by atoms with van der Waals surface area (Å²) in [6.07, 6.45) is 0.953. The highest BCUT2D eigenvalue weighted by atomic mass is 32.2. The van der Waals surface area contributed by atoms with E-state index < -0.39 is 22.8 Å². The van der Waals surface area contributed by atoms with Crippen LogP contribution in [0.1, 0.15) is 40.9 Å². The van der Waals surface area contributed by atoms with Crippen molar-refractivity contribution in [2.45, 2.75) is 19.4 Å². The first-order valence-electron chi connectivity index (χ1n) is 12.6. The first kappa shape index (κ1) is 26.2. The topological polar surface area (TPSA) is 114 Å². The van der Waals surface area contributed by atoms with Gasteiger partial charge in [0, 0.05) is 41.2 Å². The predicted octanol–water partition coefficient (Wildman–Crippen LogP) is 5.67. The van der Waals surface area contributed by atoms with Crippen LogP contribution in [-0.4, -0.2) is 45.8 Å². The summed E-state index contributed by atoms with van der Waals surface area (Å²) in [6, 6.07) is 22.1. The molecule has 1 unspecified atom stereocenters. The zero-order valence-electron chi connectivity index (χ0n) is 21.2. The van der Waals surface area contributed by atoms with Crippen molar-refractivity contribution in [3.8, 4) is 0 Å². The van der Waals surface area contributed by atoms with E-state index >= 15 is 0 Å². The van der Waals surface area contributed by atoms with Crippen LogP contribution in [0, 0.1) is 10.1 Å². The first-order valence-corrected chi connectivity index (χ1v) is 13.6. The van der Waals surface area contributed by atoms with Gasteiger partial charge >= 0.3 is 5.97 Å². The Morgan fingerprint density at radius 2 is 1.87 bits per heavy atom. The number of amidine groups is 1. The van der Waals surface area contributed by atoms with Crippen LogP contribution < -0.4 is 5.32 Å². The number of hydrogen-bond donors (Lipinski definition) is 1. The third-order valence-electron chi connectivity index (χ3n) is 6.41. The number of nitrogens with zero attached hydrogens (tertiary/aromatic N) is 3. The van der Waals surface area contributed by atoms with Gasteiger partial charge in [-0.25, -0.2) is 9.79 Å². The van der Waals surface area contributed by atoms with Crippen molar-refractivity contribution in [1.82, 2.24) is 4.90 Å². The van der Waals surface area contributed by atoms with Gasteiger partial charge in [-0.15, -0.1) is 0 Å². The summed E-state index contributed by atoms with van der Waals surface area (Å²) < 4.78 is 5.51. The van der Waals surface area contributed by atoms with Crippen LogP contribution in [0.3, 0.4) is 0 Å². The fourth-order valence-corrected chi connectivity index (χ4v) is 5.62. The van der Waals surface area contributed by atoms with Gasteiger partial charge in [0.1, 0.15) is 0 Å². The Labute approximate surface area is 229 Å². The van der Waals surface area contributed by atoms with Gasteiger partial charge in [-0.2, -0.15) is 0 Å². The zero-order chi connectivity index (χ0) is 27.4. The second-order valence-corrected chi connectivity index (χ2v) is 9.99. The number of ether oxygens (including phenoxy) is 1. The van der Waals surface area contributed by atoms with Gasteiger partial charge in [0.15, 0.2) is 5.17 Å². The number of carbonyl (C=O) groups excluding carboxylic acids is 2. The second kappa shape index (κ2) is 11.5. The molecule has 9 nitrogen and oxygen atoms in total. The smallest absolute Gasteiger partial charge is 0.338 e. The molecule has 2 aliphatic rings. The summed E-state index contributed by atoms with van der Waals surface area (Å²) in [6.45, 7) is 2.76. The molecule has 5 rings (SSSR count). The minimum absolute atomic E-state index is 0.153. The molecule has 0 spiro atoms. The Balaban J connectivity index is 1.50. The Bertz CT molecular complexity index is 1470. The molecule has 2 aliphatic heterocycles. The van der Waals surface area contributed by atoms with Gasteiger partial charge in [0.2, 0.25) is 0 Å². The Kier molecular flexibility index (Phi) is 7.74. The number of benzene rings is 3. The van der Waals surface area contributed by atoms with Crippen LogP contribution >= 0.6 is 11.8 Å². The lowest BCUT2D eigenvalue weighted by atomic mass is 9.91. The fourth-order valence-electron chi connectivity index (χ4n) is 4.65. The average Bonchev–Trinajstić information content (AvgIpc) is 2.97. The summed E-state index contributed by atoms with van der Waals surface area (Å²) in [4.78, 5) is 43.7. The standard InChI is InChI=1S/C29H26N4O5S/c1-2-38-28(35)24-25(19-8-4-3-5-9-19)31-29-32(16-7-17-39-29)26(24)20-12-14-22(15-13-20)30-27(34)21-10-6-11-23(18-21)33(36)37/h3-6,8-15,18,26H,2,7,16-17H2,1H3,(H,30,34). The monoisotopic (exact) mass is 542 g/mol. The molecule has 3 aromatic rings. The van der Waals surface area contributed by atoms with Crippen LogP contribution in [0.4, 0.5) is 11.4 Å². The normalized spacial score (nSPS) is 16.7. The number of non-ortho nitro benzene ring substituents is 1. The van der Waals surface area contributed by atoms with E-state index in [-0.39, 0.29) is 17.9 Å². The van der Waals surface area contributed by atoms with Crippen LogP contribution in [-0.2, 0) is 9.53 Å². The maximum absolute atomic E-state index is 13.4. The molecule has 0 bridgehead atoms. The summed E-state index contributed by atoms with van der Waals surface area (Å²) >= 11 is 1.67. The van der Waals surface area contributed by atoms with E-state index in [1.54, 1.807) is 30.8 Å². The number of rotatable bonds is 7. The molecule has 1 N–H and O–H groups in total. The van der Waals surface area contributed by atoms with Crippen LogP contribution in [0.5, 0.6) is 0 Å². The largest absolute Gasteiger partial charge is 0.463 e. The predicted molar refractivity (Wildman–Crippen MR) is 151 cm³/mol. The number of thioether (sulfide) groups is 1. The average molecular weight is 543 g/mol. The zero-order valence-corrected chi connectivity index (χ0v) is 22.0. The highest BCUT2D eigenvalue weighted by Crippen LogP contribution is 2.43. The van der Waals surface area contributed by atoms with E-state index in [9.17, 15) is 19.7 Å². The van der Waals surface area contributed by atoms with Gasteiger partial charge in [-0.05, 0) is 37.1 Å². The Morgan fingerprint density at radius 3 is 2.59 bits per heavy atom. The van der Waals surface area contributed by atoms with Crippen molar-refractivity contribution in [1.29, 1.82) is 0 Å². The number of amides is 1. The van der Waals surface area contributed by atoms with Crippen molar-refractivity contribution in [2.75, 3.05) is 24.2 Å². The molecular weight excluding hydrogens is 516 g/mol. The maximum atomic E-state index is 13.4. The van der Waals surface area contributed by atoms with Gasteiger partial charge < -0.3 is 15.0 Å². The quantitative estimate of drug-likeness (QED) is 0.232. The number of nitrogens with one attached hydrogen (secondary N) is 1. The van der Waals surface area contributed by atoms with Gasteiger partial charge in [-0.3, -0.25) is 14.9 Å². The molecule has 39 heavy (non-hydrogen) atoms. The summed E-state index contributed by atoms with van der Waals surface area (Å²) in [7, 11) is 0. The number of hydrogen-bond acceptors (Lipinski definition) is 8. The SMILES string of the molecule is CCOC(=O)C1=C(c2ccccc2)N=C2SCCCN2C1c1ccc(NC(=O)c2cccc([N+](=O)[O-])c2)cc1. The Morgan fingerprint density at radius 1 is 1.10 bits per heavy atom. The lowest BCUT2D eigenvalue weighted by molar-refractivity contribution is -0.384. The molecule has 0 radical (unpaired) electrons. The van der Waals surface area contributed by atoms with Crippen LogP contribution in [0.25, 0.3) is 5.70 Å². The van der Waals surface area contributed by atoms with Crippen molar-refractivity contribution < 1.29 is 19.2 Å². The fraction of sp³-hybridized carbons (Fsp3) is 0.207. The third kappa shape index (κ3) is 5.56. The third-order valence-corrected chi connectivity index (χ3v) is 7.49. The first-order chi connectivity index (χ1) is 19.0. The van der Waals surface area contributed by atoms with Gasteiger partial charge in [0.05, 0.1) is 28.8 Å². The Hall–Kier alpha value is -4.44. The van der Waals surface area contributed by atoms with Crippen LogP contribution in [0.2, 0.25) is 0 Å². The highest BCUT2D eigenvalue weighted by molar-refractivity contribution is 8.13.